The summed E-state index contributed by atoms with van der Waals surface area (Å²) in [5.41, 5.74) is 0. The van der Waals surface area contributed by atoms with Crippen LogP contribution in [0.4, 0.5) is 0 Å². The molecule has 0 radical (unpaired) electrons. The minimum atomic E-state index is -4.62. The smallest absolute Gasteiger partial charge is 0.306 e. The highest BCUT2D eigenvalue weighted by atomic mass is 31.2. The van der Waals surface area contributed by atoms with Gasteiger partial charge in [0.1, 0.15) is 19.8 Å². The van der Waals surface area contributed by atoms with E-state index in [0.29, 0.717) is 17.4 Å². The van der Waals surface area contributed by atoms with Gasteiger partial charge < -0.3 is 27.9 Å². The molecule has 0 fully saturated rings. The normalized spacial score (nSPS) is 13.2. The highest BCUT2D eigenvalue weighted by Crippen LogP contribution is 2.38. The SMILES string of the molecule is CCCCCCCCCCCCCCCCCCCCCCCCCCCCCCCCCCCC(=O)OC(COC(=O)CCCCCCCCCCC)COP(=O)([O-])OCC[N+](C)(C)C. The first-order valence-corrected chi connectivity index (χ1v) is 30.2. The van der Waals surface area contributed by atoms with Gasteiger partial charge in [0, 0.05) is 12.8 Å². The number of esters is 2. The van der Waals surface area contributed by atoms with Gasteiger partial charge in [-0.15, -0.1) is 0 Å². The van der Waals surface area contributed by atoms with E-state index in [1.54, 1.807) is 0 Å². The number of rotatable bonds is 54. The quantitative estimate of drug-likeness (QED) is 0.0256. The zero-order valence-electron chi connectivity index (χ0n) is 44.7. The summed E-state index contributed by atoms with van der Waals surface area (Å²) in [6.45, 7) is 4.26. The van der Waals surface area contributed by atoms with Gasteiger partial charge in [0.15, 0.2) is 6.10 Å². The van der Waals surface area contributed by atoms with Gasteiger partial charge in [0.2, 0.25) is 0 Å². The Balaban J connectivity index is 3.86. The fourth-order valence-electron chi connectivity index (χ4n) is 8.66. The summed E-state index contributed by atoms with van der Waals surface area (Å²) >= 11 is 0. The minimum absolute atomic E-state index is 0.0256. The summed E-state index contributed by atoms with van der Waals surface area (Å²) in [7, 11) is 1.19. The highest BCUT2D eigenvalue weighted by molar-refractivity contribution is 7.45. The number of hydrogen-bond acceptors (Lipinski definition) is 8. The molecule has 0 aliphatic rings. The Labute approximate surface area is 410 Å². The molecule has 2 atom stereocenters. The third-order valence-corrected chi connectivity index (χ3v) is 14.1. The molecule has 66 heavy (non-hydrogen) atoms. The molecule has 394 valence electrons. The van der Waals surface area contributed by atoms with Gasteiger partial charge in [0.05, 0.1) is 27.7 Å². The summed E-state index contributed by atoms with van der Waals surface area (Å²) in [5.74, 6) is -0.819. The van der Waals surface area contributed by atoms with Crippen LogP contribution in [-0.2, 0) is 32.7 Å². The standard InChI is InChI=1S/C56H112NO8P/c1-6-8-10-12-14-16-17-18-19-20-21-22-23-24-25-26-27-28-29-30-31-32-33-34-35-36-37-38-39-41-43-45-47-49-56(59)65-54(53-64-66(60,61)63-51-50-57(3,4)5)52-62-55(58)48-46-44-42-40-15-13-11-9-7-2/h54H,6-53H2,1-5H3. The Kier molecular flexibility index (Phi) is 48.3. The molecule has 0 saturated carbocycles. The maximum atomic E-state index is 12.7. The molecule has 2 unspecified atom stereocenters. The number of phosphoric acid groups is 1. The van der Waals surface area contributed by atoms with Crippen molar-refractivity contribution in [1.29, 1.82) is 0 Å². The van der Waals surface area contributed by atoms with Gasteiger partial charge in [0.25, 0.3) is 7.82 Å². The highest BCUT2D eigenvalue weighted by Gasteiger charge is 2.22. The van der Waals surface area contributed by atoms with Gasteiger partial charge in [-0.1, -0.05) is 271 Å². The van der Waals surface area contributed by atoms with Crippen molar-refractivity contribution in [2.45, 2.75) is 302 Å². The minimum Gasteiger partial charge on any atom is -0.756 e. The van der Waals surface area contributed by atoms with Crippen molar-refractivity contribution < 1.29 is 42.1 Å². The van der Waals surface area contributed by atoms with Crippen LogP contribution in [0.15, 0.2) is 0 Å². The molecule has 0 N–H and O–H groups in total. The van der Waals surface area contributed by atoms with Gasteiger partial charge in [-0.2, -0.15) is 0 Å². The van der Waals surface area contributed by atoms with Crippen molar-refractivity contribution in [3.8, 4) is 0 Å². The molecule has 0 amide bonds. The largest absolute Gasteiger partial charge is 0.756 e. The lowest BCUT2D eigenvalue weighted by molar-refractivity contribution is -0.870. The van der Waals surface area contributed by atoms with E-state index in [1.807, 2.05) is 21.1 Å². The first-order valence-electron chi connectivity index (χ1n) is 28.7. The molecule has 0 aromatic heterocycles. The van der Waals surface area contributed by atoms with Crippen molar-refractivity contribution in [3.05, 3.63) is 0 Å². The van der Waals surface area contributed by atoms with Gasteiger partial charge >= 0.3 is 11.9 Å². The Hall–Kier alpha value is -0.990. The van der Waals surface area contributed by atoms with E-state index in [9.17, 15) is 19.0 Å². The summed E-state index contributed by atoms with van der Waals surface area (Å²) in [4.78, 5) is 37.6. The van der Waals surface area contributed by atoms with Crippen LogP contribution in [-0.4, -0.2) is 70.0 Å². The number of quaternary nitrogens is 1. The second-order valence-corrected chi connectivity index (χ2v) is 22.4. The summed E-state index contributed by atoms with van der Waals surface area (Å²) in [5, 5.41) is 0. The molecule has 0 bridgehead atoms. The number of ether oxygens (including phenoxy) is 2. The van der Waals surface area contributed by atoms with Crippen LogP contribution in [0, 0.1) is 0 Å². The zero-order chi connectivity index (χ0) is 48.5. The molecule has 0 heterocycles. The Bertz CT molecular complexity index is 1080. The van der Waals surface area contributed by atoms with Gasteiger partial charge in [-0.05, 0) is 12.8 Å². The van der Waals surface area contributed by atoms with Crippen LogP contribution < -0.4 is 4.89 Å². The average molecular weight is 958 g/mol. The molecular formula is C56H112NO8P. The van der Waals surface area contributed by atoms with Crippen molar-refractivity contribution in [3.63, 3.8) is 0 Å². The van der Waals surface area contributed by atoms with E-state index >= 15 is 0 Å². The number of carbonyl (C=O) groups excluding carboxylic acids is 2. The molecular weight excluding hydrogens is 846 g/mol. The number of unbranched alkanes of at least 4 members (excludes halogenated alkanes) is 40. The molecule has 9 nitrogen and oxygen atoms in total. The molecule has 0 aromatic rings. The molecule has 0 aromatic carbocycles. The maximum Gasteiger partial charge on any atom is 0.306 e. The lowest BCUT2D eigenvalue weighted by atomic mass is 10.0. The molecule has 0 rings (SSSR count). The zero-order valence-corrected chi connectivity index (χ0v) is 45.6. The summed E-state index contributed by atoms with van der Waals surface area (Å²) in [6.07, 6.45) is 54.8. The fourth-order valence-corrected chi connectivity index (χ4v) is 9.39. The van der Waals surface area contributed by atoms with E-state index in [-0.39, 0.29) is 32.0 Å². The first kappa shape index (κ1) is 65.0. The topological polar surface area (TPSA) is 111 Å². The van der Waals surface area contributed by atoms with E-state index < -0.39 is 26.5 Å². The molecule has 0 aliphatic carbocycles. The van der Waals surface area contributed by atoms with E-state index in [0.717, 1.165) is 32.1 Å². The molecule has 10 heteroatoms. The van der Waals surface area contributed by atoms with Crippen LogP contribution in [0.25, 0.3) is 0 Å². The Morgan fingerprint density at radius 2 is 0.682 bits per heavy atom. The molecule has 0 spiro atoms. The third-order valence-electron chi connectivity index (χ3n) is 13.1. The second kappa shape index (κ2) is 49.0. The fraction of sp³-hybridized carbons (Fsp3) is 0.964. The van der Waals surface area contributed by atoms with Gasteiger partial charge in [-0.25, -0.2) is 0 Å². The van der Waals surface area contributed by atoms with Crippen LogP contribution in [0.3, 0.4) is 0 Å². The summed E-state index contributed by atoms with van der Waals surface area (Å²) < 4.78 is 34.0. The average Bonchev–Trinajstić information content (AvgIpc) is 3.27. The molecule has 0 aliphatic heterocycles. The van der Waals surface area contributed by atoms with Crippen LogP contribution >= 0.6 is 7.82 Å². The van der Waals surface area contributed by atoms with Crippen molar-refractivity contribution in [2.24, 2.45) is 0 Å². The third kappa shape index (κ3) is 52.4. The van der Waals surface area contributed by atoms with E-state index in [2.05, 4.69) is 13.8 Å². The number of likely N-dealkylation sites (N-methyl/N-ethyl adjacent to an activating group) is 1. The maximum absolute atomic E-state index is 12.7. The van der Waals surface area contributed by atoms with Crippen LogP contribution in [0.5, 0.6) is 0 Å². The number of nitrogens with zero attached hydrogens (tertiary/aromatic N) is 1. The predicted molar refractivity (Wildman–Crippen MR) is 278 cm³/mol. The Morgan fingerprint density at radius 3 is 0.970 bits per heavy atom. The van der Waals surface area contributed by atoms with Crippen molar-refractivity contribution >= 4 is 19.8 Å². The van der Waals surface area contributed by atoms with E-state index in [4.69, 9.17) is 18.5 Å². The van der Waals surface area contributed by atoms with Crippen molar-refractivity contribution in [1.82, 2.24) is 0 Å². The van der Waals surface area contributed by atoms with Crippen LogP contribution in [0.1, 0.15) is 296 Å². The second-order valence-electron chi connectivity index (χ2n) is 21.0. The number of carbonyl (C=O) groups is 2. The lowest BCUT2D eigenvalue weighted by Gasteiger charge is -2.28. The van der Waals surface area contributed by atoms with Crippen molar-refractivity contribution in [2.75, 3.05) is 47.5 Å². The van der Waals surface area contributed by atoms with E-state index in [1.165, 1.54) is 231 Å². The first-order chi connectivity index (χ1) is 32.0. The number of hydrogen-bond donors (Lipinski definition) is 0. The van der Waals surface area contributed by atoms with Gasteiger partial charge in [-0.3, -0.25) is 14.2 Å². The predicted octanol–water partition coefficient (Wildman–Crippen LogP) is 16.9. The monoisotopic (exact) mass is 958 g/mol. The number of phosphoric ester groups is 1. The van der Waals surface area contributed by atoms with Crippen LogP contribution in [0.2, 0.25) is 0 Å². The molecule has 0 saturated heterocycles. The lowest BCUT2D eigenvalue weighted by Crippen LogP contribution is -2.37. The summed E-state index contributed by atoms with van der Waals surface area (Å²) in [6, 6.07) is 0. The Morgan fingerprint density at radius 1 is 0.409 bits per heavy atom.